The third-order valence-corrected chi connectivity index (χ3v) is 3.15. The molecule has 0 fully saturated rings. The summed E-state index contributed by atoms with van der Waals surface area (Å²) < 4.78 is 4.88. The number of nitrogens with two attached hydrogens (primary N) is 2. The highest BCUT2D eigenvalue weighted by Crippen LogP contribution is 2.10. The van der Waals surface area contributed by atoms with Gasteiger partial charge in [0.05, 0.1) is 6.61 Å². The van der Waals surface area contributed by atoms with Crippen LogP contribution in [0.2, 0.25) is 0 Å². The molecule has 0 aliphatic heterocycles. The summed E-state index contributed by atoms with van der Waals surface area (Å²) >= 11 is 0. The van der Waals surface area contributed by atoms with Crippen LogP contribution in [0.15, 0.2) is 4.99 Å². The standard InChI is InChI=1S/C15H31N3O2/c1-14(19)20-13-11-9-7-5-3-2-4-6-8-10-12-18-15(16)17/h2-13H2,1H3,(H4,16,17,18). The van der Waals surface area contributed by atoms with Gasteiger partial charge in [0, 0.05) is 13.5 Å². The van der Waals surface area contributed by atoms with Crippen molar-refractivity contribution in [3.05, 3.63) is 0 Å². The van der Waals surface area contributed by atoms with Gasteiger partial charge in [0.2, 0.25) is 0 Å². The highest BCUT2D eigenvalue weighted by Gasteiger charge is 1.95. The highest BCUT2D eigenvalue weighted by atomic mass is 16.5. The number of unbranched alkanes of at least 4 members (excludes halogenated alkanes) is 9. The van der Waals surface area contributed by atoms with Crippen molar-refractivity contribution in [1.29, 1.82) is 0 Å². The Balaban J connectivity index is 3.03. The Morgan fingerprint density at radius 1 is 0.850 bits per heavy atom. The van der Waals surface area contributed by atoms with E-state index in [9.17, 15) is 4.79 Å². The van der Waals surface area contributed by atoms with Gasteiger partial charge in [0.15, 0.2) is 5.96 Å². The Morgan fingerprint density at radius 3 is 1.75 bits per heavy atom. The van der Waals surface area contributed by atoms with Crippen molar-refractivity contribution in [2.45, 2.75) is 71.1 Å². The zero-order valence-electron chi connectivity index (χ0n) is 12.9. The maximum absolute atomic E-state index is 10.5. The number of hydrogen-bond donors (Lipinski definition) is 2. The van der Waals surface area contributed by atoms with Crippen molar-refractivity contribution >= 4 is 11.9 Å². The van der Waals surface area contributed by atoms with Crippen molar-refractivity contribution < 1.29 is 9.53 Å². The van der Waals surface area contributed by atoms with Crippen molar-refractivity contribution in [3.8, 4) is 0 Å². The van der Waals surface area contributed by atoms with Crippen molar-refractivity contribution in [2.75, 3.05) is 13.2 Å². The topological polar surface area (TPSA) is 90.7 Å². The van der Waals surface area contributed by atoms with Gasteiger partial charge in [0.25, 0.3) is 0 Å². The average Bonchev–Trinajstić information content (AvgIpc) is 2.38. The average molecular weight is 285 g/mol. The van der Waals surface area contributed by atoms with Crippen LogP contribution < -0.4 is 11.5 Å². The van der Waals surface area contributed by atoms with Gasteiger partial charge in [-0.05, 0) is 12.8 Å². The third-order valence-electron chi connectivity index (χ3n) is 3.15. The molecule has 0 saturated heterocycles. The Kier molecular flexibility index (Phi) is 13.3. The van der Waals surface area contributed by atoms with Gasteiger partial charge in [-0.25, -0.2) is 0 Å². The summed E-state index contributed by atoms with van der Waals surface area (Å²) in [7, 11) is 0. The van der Waals surface area contributed by atoms with E-state index in [1.54, 1.807) is 0 Å². The molecular formula is C15H31N3O2. The number of nitrogens with zero attached hydrogens (tertiary/aromatic N) is 1. The molecule has 0 amide bonds. The molecule has 20 heavy (non-hydrogen) atoms. The number of guanidine groups is 1. The third kappa shape index (κ3) is 16.7. The van der Waals surface area contributed by atoms with Crippen LogP contribution in [0.25, 0.3) is 0 Å². The lowest BCUT2D eigenvalue weighted by atomic mass is 10.1. The highest BCUT2D eigenvalue weighted by molar-refractivity contribution is 5.75. The number of carbonyl (C=O) groups is 1. The molecular weight excluding hydrogens is 254 g/mol. The summed E-state index contributed by atoms with van der Waals surface area (Å²) in [5.41, 5.74) is 10.5. The van der Waals surface area contributed by atoms with Crippen LogP contribution in [0.3, 0.4) is 0 Å². The number of rotatable bonds is 13. The van der Waals surface area contributed by atoms with Crippen molar-refractivity contribution in [3.63, 3.8) is 0 Å². The number of ether oxygens (including phenoxy) is 1. The SMILES string of the molecule is CC(=O)OCCCCCCCCCCCCN=C(N)N. The first-order valence-corrected chi connectivity index (χ1v) is 7.81. The molecule has 4 N–H and O–H groups in total. The largest absolute Gasteiger partial charge is 0.466 e. The van der Waals surface area contributed by atoms with Gasteiger partial charge in [-0.2, -0.15) is 0 Å². The zero-order valence-corrected chi connectivity index (χ0v) is 12.9. The zero-order chi connectivity index (χ0) is 15.1. The number of hydrogen-bond acceptors (Lipinski definition) is 3. The predicted molar refractivity (Wildman–Crippen MR) is 83.5 cm³/mol. The molecule has 0 aromatic rings. The predicted octanol–water partition coefficient (Wildman–Crippen LogP) is 2.72. The molecule has 0 rings (SSSR count). The molecule has 0 saturated carbocycles. The second kappa shape index (κ2) is 14.2. The summed E-state index contributed by atoms with van der Waals surface area (Å²) in [4.78, 5) is 14.5. The van der Waals surface area contributed by atoms with Crippen LogP contribution in [-0.2, 0) is 9.53 Å². The molecule has 0 aromatic carbocycles. The minimum Gasteiger partial charge on any atom is -0.466 e. The number of aliphatic imine (C=N–C) groups is 1. The van der Waals surface area contributed by atoms with E-state index >= 15 is 0 Å². The van der Waals surface area contributed by atoms with Crippen LogP contribution in [0.5, 0.6) is 0 Å². The number of carbonyl (C=O) groups excluding carboxylic acids is 1. The molecule has 0 aliphatic carbocycles. The van der Waals surface area contributed by atoms with E-state index in [1.807, 2.05) is 0 Å². The van der Waals surface area contributed by atoms with E-state index in [0.717, 1.165) is 25.8 Å². The summed E-state index contributed by atoms with van der Waals surface area (Å²) in [6.07, 6.45) is 12.2. The van der Waals surface area contributed by atoms with Crippen LogP contribution in [0.4, 0.5) is 0 Å². The molecule has 0 aliphatic rings. The van der Waals surface area contributed by atoms with E-state index in [-0.39, 0.29) is 11.9 Å². The lowest BCUT2D eigenvalue weighted by molar-refractivity contribution is -0.141. The maximum atomic E-state index is 10.5. The molecule has 0 radical (unpaired) electrons. The van der Waals surface area contributed by atoms with Crippen LogP contribution in [0.1, 0.15) is 71.1 Å². The monoisotopic (exact) mass is 285 g/mol. The summed E-state index contributed by atoms with van der Waals surface area (Å²) in [5.74, 6) is 0.0172. The van der Waals surface area contributed by atoms with Gasteiger partial charge < -0.3 is 16.2 Å². The van der Waals surface area contributed by atoms with E-state index in [4.69, 9.17) is 16.2 Å². The Hall–Kier alpha value is -1.26. The molecule has 0 heterocycles. The second-order valence-corrected chi connectivity index (χ2v) is 5.18. The first-order valence-electron chi connectivity index (χ1n) is 7.81. The Bertz CT molecular complexity index is 264. The lowest BCUT2D eigenvalue weighted by Gasteiger charge is -2.03. The minimum atomic E-state index is -0.176. The van der Waals surface area contributed by atoms with E-state index in [2.05, 4.69) is 4.99 Å². The Labute approximate surface area is 123 Å². The molecule has 0 atom stereocenters. The quantitative estimate of drug-likeness (QED) is 0.235. The first-order chi connectivity index (χ1) is 9.63. The van der Waals surface area contributed by atoms with Crippen LogP contribution in [0, 0.1) is 0 Å². The molecule has 5 nitrogen and oxygen atoms in total. The molecule has 5 heteroatoms. The minimum absolute atomic E-state index is 0.176. The fraction of sp³-hybridized carbons (Fsp3) is 0.867. The molecule has 118 valence electrons. The fourth-order valence-corrected chi connectivity index (χ4v) is 2.05. The lowest BCUT2D eigenvalue weighted by Crippen LogP contribution is -2.22. The molecule has 0 bridgehead atoms. The summed E-state index contributed by atoms with van der Waals surface area (Å²) in [6.45, 7) is 2.78. The summed E-state index contributed by atoms with van der Waals surface area (Å²) in [6, 6.07) is 0. The van der Waals surface area contributed by atoms with Gasteiger partial charge in [-0.1, -0.05) is 51.4 Å². The van der Waals surface area contributed by atoms with Gasteiger partial charge in [-0.15, -0.1) is 0 Å². The van der Waals surface area contributed by atoms with Gasteiger partial charge in [0.1, 0.15) is 0 Å². The van der Waals surface area contributed by atoms with Crippen LogP contribution >= 0.6 is 0 Å². The van der Waals surface area contributed by atoms with Gasteiger partial charge in [-0.3, -0.25) is 9.79 Å². The van der Waals surface area contributed by atoms with E-state index in [1.165, 1.54) is 51.9 Å². The van der Waals surface area contributed by atoms with Crippen molar-refractivity contribution in [2.24, 2.45) is 16.5 Å². The summed E-state index contributed by atoms with van der Waals surface area (Å²) in [5, 5.41) is 0. The Morgan fingerprint density at radius 2 is 1.30 bits per heavy atom. The molecule has 0 unspecified atom stereocenters. The van der Waals surface area contributed by atoms with E-state index in [0.29, 0.717) is 6.61 Å². The molecule has 0 aromatic heterocycles. The number of esters is 1. The van der Waals surface area contributed by atoms with E-state index < -0.39 is 0 Å². The second-order valence-electron chi connectivity index (χ2n) is 5.18. The first kappa shape index (κ1) is 18.7. The van der Waals surface area contributed by atoms with Crippen molar-refractivity contribution in [1.82, 2.24) is 0 Å². The van der Waals surface area contributed by atoms with Crippen LogP contribution in [-0.4, -0.2) is 25.1 Å². The maximum Gasteiger partial charge on any atom is 0.302 e. The normalized spacial score (nSPS) is 10.2. The smallest absolute Gasteiger partial charge is 0.302 e. The molecule has 0 spiro atoms. The van der Waals surface area contributed by atoms with Gasteiger partial charge >= 0.3 is 5.97 Å². The fourth-order valence-electron chi connectivity index (χ4n) is 2.05.